The summed E-state index contributed by atoms with van der Waals surface area (Å²) in [5.41, 5.74) is 8.67. The van der Waals surface area contributed by atoms with Crippen molar-refractivity contribution in [1.82, 2.24) is 0 Å². The Morgan fingerprint density at radius 2 is 2.06 bits per heavy atom. The van der Waals surface area contributed by atoms with Crippen molar-refractivity contribution in [2.75, 3.05) is 6.61 Å². The summed E-state index contributed by atoms with van der Waals surface area (Å²) in [6.07, 6.45) is 6.93. The van der Waals surface area contributed by atoms with Crippen LogP contribution in [0.2, 0.25) is 0 Å². The summed E-state index contributed by atoms with van der Waals surface area (Å²) in [5, 5.41) is 3.99. The fraction of sp³-hybridized carbons (Fsp3) is 1.00. The van der Waals surface area contributed by atoms with Crippen molar-refractivity contribution in [2.45, 2.75) is 70.3 Å². The van der Waals surface area contributed by atoms with E-state index in [1.165, 1.54) is 19.3 Å². The van der Waals surface area contributed by atoms with E-state index in [-0.39, 0.29) is 12.1 Å². The van der Waals surface area contributed by atoms with E-state index in [1.807, 2.05) is 13.8 Å². The van der Waals surface area contributed by atoms with Gasteiger partial charge in [0.1, 0.15) is 0 Å². The maximum Gasteiger partial charge on any atom is 0.163 e. The van der Waals surface area contributed by atoms with Gasteiger partial charge < -0.3 is 9.47 Å². The normalized spacial score (nSPS) is 35.8. The Morgan fingerprint density at radius 3 is 2.72 bits per heavy atom. The lowest BCUT2D eigenvalue weighted by Gasteiger charge is -2.24. The minimum atomic E-state index is -0.455. The zero-order valence-corrected chi connectivity index (χ0v) is 11.3. The largest absolute Gasteiger partial charge is 0.348 e. The number of ether oxygens (including phenoxy) is 2. The molecule has 0 spiro atoms. The van der Waals surface area contributed by atoms with Crippen LogP contribution in [0.25, 0.3) is 10.4 Å². The van der Waals surface area contributed by atoms with E-state index in [0.29, 0.717) is 12.5 Å². The summed E-state index contributed by atoms with van der Waals surface area (Å²) in [6, 6.07) is 0.143. The van der Waals surface area contributed by atoms with Crippen molar-refractivity contribution < 1.29 is 9.47 Å². The summed E-state index contributed by atoms with van der Waals surface area (Å²) in [6.45, 7) is 4.56. The number of azide groups is 1. The van der Waals surface area contributed by atoms with Crippen LogP contribution >= 0.6 is 0 Å². The highest BCUT2D eigenvalue weighted by Crippen LogP contribution is 2.33. The minimum Gasteiger partial charge on any atom is -0.348 e. The lowest BCUT2D eigenvalue weighted by atomic mass is 9.90. The first-order valence-corrected chi connectivity index (χ1v) is 6.97. The van der Waals surface area contributed by atoms with Gasteiger partial charge in [-0.15, -0.1) is 0 Å². The third-order valence-electron chi connectivity index (χ3n) is 3.95. The number of nitrogens with zero attached hydrogens (tertiary/aromatic N) is 3. The predicted octanol–water partition coefficient (Wildman–Crippen LogP) is 3.79. The van der Waals surface area contributed by atoms with Crippen molar-refractivity contribution in [3.05, 3.63) is 10.4 Å². The topological polar surface area (TPSA) is 67.2 Å². The molecule has 1 saturated heterocycles. The molecule has 1 heterocycles. The smallest absolute Gasteiger partial charge is 0.163 e. The Morgan fingerprint density at radius 1 is 1.28 bits per heavy atom. The molecular formula is C13H23N3O2. The van der Waals surface area contributed by atoms with Crippen LogP contribution in [0.3, 0.4) is 0 Å². The fourth-order valence-electron chi connectivity index (χ4n) is 3.08. The highest BCUT2D eigenvalue weighted by atomic mass is 16.7. The Hall–Kier alpha value is -0.770. The van der Waals surface area contributed by atoms with Gasteiger partial charge in [-0.05, 0) is 44.6 Å². The molecule has 2 aliphatic rings. The van der Waals surface area contributed by atoms with Crippen LogP contribution in [0.4, 0.5) is 0 Å². The molecule has 1 aliphatic heterocycles. The summed E-state index contributed by atoms with van der Waals surface area (Å²) in [4.78, 5) is 3.01. The second kappa shape index (κ2) is 5.91. The van der Waals surface area contributed by atoms with Gasteiger partial charge in [0.05, 0.1) is 12.7 Å². The molecule has 2 rings (SSSR count). The minimum absolute atomic E-state index is 0.143. The highest BCUT2D eigenvalue weighted by Gasteiger charge is 2.35. The molecule has 18 heavy (non-hydrogen) atoms. The Labute approximate surface area is 108 Å². The first kappa shape index (κ1) is 13.7. The second-order valence-corrected chi connectivity index (χ2v) is 5.86. The zero-order chi connectivity index (χ0) is 13.0. The molecule has 102 valence electrons. The Bertz CT molecular complexity index is 326. The van der Waals surface area contributed by atoms with Crippen molar-refractivity contribution in [2.24, 2.45) is 11.0 Å². The molecule has 0 aromatic heterocycles. The quantitative estimate of drug-likeness (QED) is 0.332. The van der Waals surface area contributed by atoms with Crippen molar-refractivity contribution in [1.29, 1.82) is 0 Å². The Kier molecular flexibility index (Phi) is 4.49. The van der Waals surface area contributed by atoms with Gasteiger partial charge in [0.15, 0.2) is 5.79 Å². The zero-order valence-electron chi connectivity index (χ0n) is 11.3. The highest BCUT2D eigenvalue weighted by molar-refractivity contribution is 4.84. The van der Waals surface area contributed by atoms with E-state index >= 15 is 0 Å². The third kappa shape index (κ3) is 3.61. The van der Waals surface area contributed by atoms with Gasteiger partial charge in [-0.3, -0.25) is 0 Å². The monoisotopic (exact) mass is 253 g/mol. The standard InChI is InChI=1S/C13H23N3O2/c1-13(2)17-9-11(18-13)8-10-6-4-3-5-7-12(10)15-16-14/h10-12H,3-9H2,1-2H3/t10-,11+,12-/m0/s1. The maximum atomic E-state index is 8.67. The molecule has 0 N–H and O–H groups in total. The molecule has 0 amide bonds. The number of hydrogen-bond acceptors (Lipinski definition) is 3. The van der Waals surface area contributed by atoms with E-state index in [0.717, 1.165) is 19.3 Å². The maximum absolute atomic E-state index is 8.67. The Balaban J connectivity index is 1.94. The van der Waals surface area contributed by atoms with E-state index < -0.39 is 5.79 Å². The van der Waals surface area contributed by atoms with Crippen LogP contribution in [0, 0.1) is 5.92 Å². The average molecular weight is 253 g/mol. The molecule has 0 radical (unpaired) electrons. The van der Waals surface area contributed by atoms with E-state index in [2.05, 4.69) is 10.0 Å². The lowest BCUT2D eigenvalue weighted by molar-refractivity contribution is -0.140. The van der Waals surface area contributed by atoms with Crippen LogP contribution in [-0.4, -0.2) is 24.5 Å². The summed E-state index contributed by atoms with van der Waals surface area (Å²) >= 11 is 0. The molecule has 3 atom stereocenters. The molecule has 5 nitrogen and oxygen atoms in total. The van der Waals surface area contributed by atoms with Crippen LogP contribution in [0.1, 0.15) is 52.4 Å². The number of rotatable bonds is 3. The molecular weight excluding hydrogens is 230 g/mol. The van der Waals surface area contributed by atoms with Crippen LogP contribution in [0.5, 0.6) is 0 Å². The van der Waals surface area contributed by atoms with Crippen molar-refractivity contribution in [3.63, 3.8) is 0 Å². The van der Waals surface area contributed by atoms with Gasteiger partial charge in [-0.2, -0.15) is 0 Å². The SMILES string of the molecule is CC1(C)OC[C@@H](C[C@@H]2CCCCC[C@@H]2N=[N+]=[N-])O1. The fourth-order valence-corrected chi connectivity index (χ4v) is 3.08. The van der Waals surface area contributed by atoms with Gasteiger partial charge in [-0.25, -0.2) is 0 Å². The van der Waals surface area contributed by atoms with E-state index in [4.69, 9.17) is 15.0 Å². The molecule has 1 aliphatic carbocycles. The van der Waals surface area contributed by atoms with Crippen molar-refractivity contribution in [3.8, 4) is 0 Å². The van der Waals surface area contributed by atoms with Crippen LogP contribution < -0.4 is 0 Å². The summed E-state index contributed by atoms with van der Waals surface area (Å²) in [5.74, 6) is -0.00506. The molecule has 0 aromatic rings. The van der Waals surface area contributed by atoms with Gasteiger partial charge in [0, 0.05) is 11.0 Å². The van der Waals surface area contributed by atoms with E-state index in [1.54, 1.807) is 0 Å². The molecule has 5 heteroatoms. The van der Waals surface area contributed by atoms with Gasteiger partial charge in [0.2, 0.25) is 0 Å². The third-order valence-corrected chi connectivity index (χ3v) is 3.95. The lowest BCUT2D eigenvalue weighted by Crippen LogP contribution is -2.26. The van der Waals surface area contributed by atoms with Crippen LogP contribution in [-0.2, 0) is 9.47 Å². The molecule has 0 aromatic carbocycles. The first-order valence-electron chi connectivity index (χ1n) is 6.97. The van der Waals surface area contributed by atoms with E-state index in [9.17, 15) is 0 Å². The molecule has 2 fully saturated rings. The van der Waals surface area contributed by atoms with Gasteiger partial charge in [0.25, 0.3) is 0 Å². The van der Waals surface area contributed by atoms with Gasteiger partial charge >= 0.3 is 0 Å². The average Bonchev–Trinajstić information content (AvgIpc) is 2.52. The molecule has 0 bridgehead atoms. The molecule has 1 saturated carbocycles. The predicted molar refractivity (Wildman–Crippen MR) is 69.0 cm³/mol. The number of hydrogen-bond donors (Lipinski definition) is 0. The van der Waals surface area contributed by atoms with Gasteiger partial charge in [-0.1, -0.05) is 24.4 Å². The van der Waals surface area contributed by atoms with Crippen molar-refractivity contribution >= 4 is 0 Å². The first-order chi connectivity index (χ1) is 8.61. The summed E-state index contributed by atoms with van der Waals surface area (Å²) in [7, 11) is 0. The molecule has 0 unspecified atom stereocenters. The summed E-state index contributed by atoms with van der Waals surface area (Å²) < 4.78 is 11.5. The van der Waals surface area contributed by atoms with Crippen LogP contribution in [0.15, 0.2) is 5.11 Å². The second-order valence-electron chi connectivity index (χ2n) is 5.86.